The molecule has 0 unspecified atom stereocenters. The molecule has 0 saturated heterocycles. The van der Waals surface area contributed by atoms with Crippen LogP contribution in [0.2, 0.25) is 0 Å². The van der Waals surface area contributed by atoms with Gasteiger partial charge in [0.05, 0.1) is 0 Å². The first-order chi connectivity index (χ1) is 9.22. The highest BCUT2D eigenvalue weighted by atomic mass is 16.5. The second-order valence-electron chi connectivity index (χ2n) is 3.88. The van der Waals surface area contributed by atoms with E-state index in [-0.39, 0.29) is 30.2 Å². The molecule has 102 valence electrons. The molecule has 0 radical (unpaired) electrons. The number of aromatic nitrogens is 2. The minimum absolute atomic E-state index is 0.0000536. The molecule has 7 heteroatoms. The maximum atomic E-state index is 11.6. The van der Waals surface area contributed by atoms with Crippen LogP contribution in [0, 0.1) is 0 Å². The number of hydrogen-bond donors (Lipinski definition) is 1. The highest BCUT2D eigenvalue weighted by molar-refractivity contribution is 5.17. The molecule has 0 saturated carbocycles. The van der Waals surface area contributed by atoms with Crippen molar-refractivity contribution in [1.82, 2.24) is 10.1 Å². The van der Waals surface area contributed by atoms with Crippen molar-refractivity contribution in [3.8, 4) is 5.75 Å². The van der Waals surface area contributed by atoms with Gasteiger partial charge in [0.1, 0.15) is 18.6 Å². The average Bonchev–Trinajstić information content (AvgIpc) is 2.85. The van der Waals surface area contributed by atoms with Crippen LogP contribution in [0.25, 0.3) is 0 Å². The monoisotopic (exact) mass is 266 g/mol. The zero-order chi connectivity index (χ0) is 13.7. The number of nitrogens with zero attached hydrogens (tertiary/aromatic N) is 2. The van der Waals surface area contributed by atoms with Gasteiger partial charge >= 0.3 is 0 Å². The molecule has 1 N–H and O–H groups in total. The van der Waals surface area contributed by atoms with E-state index in [0.717, 1.165) is 19.1 Å². The first-order valence-electron chi connectivity index (χ1n) is 5.89. The van der Waals surface area contributed by atoms with Crippen LogP contribution in [0.3, 0.4) is 0 Å². The first kappa shape index (κ1) is 13.3. The van der Waals surface area contributed by atoms with E-state index in [0.29, 0.717) is 11.7 Å². The molecule has 2 aromatic rings. The van der Waals surface area contributed by atoms with Gasteiger partial charge in [0.15, 0.2) is 12.4 Å². The Kier molecular flexibility index (Phi) is 4.30. The molecule has 0 bridgehead atoms. The molecule has 7 nitrogen and oxygen atoms in total. The van der Waals surface area contributed by atoms with E-state index < -0.39 is 0 Å². The SMILES string of the molecule is CCCc1noc(COc2coc(CO)cc2=O)n1. The minimum atomic E-state index is -0.372. The molecule has 0 fully saturated rings. The molecule has 0 spiro atoms. The summed E-state index contributed by atoms with van der Waals surface area (Å²) < 4.78 is 15.2. The molecule has 0 aliphatic rings. The van der Waals surface area contributed by atoms with Gasteiger partial charge in [-0.05, 0) is 6.42 Å². The molecule has 0 aliphatic heterocycles. The maximum absolute atomic E-state index is 11.6. The van der Waals surface area contributed by atoms with Crippen molar-refractivity contribution in [2.24, 2.45) is 0 Å². The van der Waals surface area contributed by atoms with Gasteiger partial charge in [0.2, 0.25) is 11.2 Å². The summed E-state index contributed by atoms with van der Waals surface area (Å²) >= 11 is 0. The lowest BCUT2D eigenvalue weighted by atomic mass is 10.3. The number of aryl methyl sites for hydroxylation is 1. The second kappa shape index (κ2) is 6.14. The fraction of sp³-hybridized carbons (Fsp3) is 0.417. The van der Waals surface area contributed by atoms with Crippen LogP contribution in [0.4, 0.5) is 0 Å². The summed E-state index contributed by atoms with van der Waals surface area (Å²) in [4.78, 5) is 15.7. The Hall–Kier alpha value is -2.15. The Bertz CT molecular complexity index is 590. The van der Waals surface area contributed by atoms with Gasteiger partial charge < -0.3 is 18.8 Å². The third kappa shape index (κ3) is 3.41. The molecule has 0 aliphatic carbocycles. The highest BCUT2D eigenvalue weighted by Crippen LogP contribution is 2.08. The van der Waals surface area contributed by atoms with Gasteiger partial charge in [-0.2, -0.15) is 4.98 Å². The van der Waals surface area contributed by atoms with Gasteiger partial charge in [0.25, 0.3) is 5.89 Å². The minimum Gasteiger partial charge on any atom is -0.477 e. The summed E-state index contributed by atoms with van der Waals surface area (Å²) in [6.07, 6.45) is 2.81. The van der Waals surface area contributed by atoms with E-state index >= 15 is 0 Å². The summed E-state index contributed by atoms with van der Waals surface area (Å²) in [7, 11) is 0. The van der Waals surface area contributed by atoms with Gasteiger partial charge in [-0.3, -0.25) is 4.79 Å². The molecule has 2 aromatic heterocycles. The summed E-state index contributed by atoms with van der Waals surface area (Å²) in [6.45, 7) is 1.68. The summed E-state index contributed by atoms with van der Waals surface area (Å²) in [5, 5.41) is 12.6. The molecule has 0 amide bonds. The number of aliphatic hydroxyl groups is 1. The molecule has 19 heavy (non-hydrogen) atoms. The van der Waals surface area contributed by atoms with Gasteiger partial charge in [-0.15, -0.1) is 0 Å². The predicted octanol–water partition coefficient (Wildman–Crippen LogP) is 1.05. The Morgan fingerprint density at radius 3 is 3.00 bits per heavy atom. The van der Waals surface area contributed by atoms with Crippen molar-refractivity contribution in [2.45, 2.75) is 33.0 Å². The van der Waals surface area contributed by atoms with Crippen LogP contribution in [0.1, 0.15) is 30.8 Å². The smallest absolute Gasteiger partial charge is 0.264 e. The maximum Gasteiger partial charge on any atom is 0.264 e. The average molecular weight is 266 g/mol. The van der Waals surface area contributed by atoms with Crippen LogP contribution < -0.4 is 10.2 Å². The number of hydrogen-bond acceptors (Lipinski definition) is 7. The Morgan fingerprint density at radius 1 is 1.47 bits per heavy atom. The van der Waals surface area contributed by atoms with Crippen molar-refractivity contribution in [1.29, 1.82) is 0 Å². The lowest BCUT2D eigenvalue weighted by Crippen LogP contribution is -2.08. The van der Waals surface area contributed by atoms with Crippen LogP contribution in [-0.4, -0.2) is 15.2 Å². The van der Waals surface area contributed by atoms with E-state index in [9.17, 15) is 4.79 Å². The zero-order valence-corrected chi connectivity index (χ0v) is 10.5. The van der Waals surface area contributed by atoms with Crippen LogP contribution in [-0.2, 0) is 19.6 Å². The summed E-state index contributed by atoms with van der Waals surface area (Å²) in [6, 6.07) is 1.17. The van der Waals surface area contributed by atoms with E-state index in [2.05, 4.69) is 10.1 Å². The van der Waals surface area contributed by atoms with Crippen molar-refractivity contribution >= 4 is 0 Å². The van der Waals surface area contributed by atoms with E-state index in [1.165, 1.54) is 6.07 Å². The third-order valence-corrected chi connectivity index (χ3v) is 2.34. The van der Waals surface area contributed by atoms with Gasteiger partial charge in [-0.25, -0.2) is 0 Å². The van der Waals surface area contributed by atoms with Crippen molar-refractivity contribution in [3.63, 3.8) is 0 Å². The fourth-order valence-electron chi connectivity index (χ4n) is 1.44. The number of ether oxygens (including phenoxy) is 1. The van der Waals surface area contributed by atoms with E-state index in [1.54, 1.807) is 0 Å². The van der Waals surface area contributed by atoms with Crippen LogP contribution in [0.5, 0.6) is 5.75 Å². The normalized spacial score (nSPS) is 10.6. The molecule has 2 rings (SSSR count). The Labute approximate surface area is 108 Å². The second-order valence-corrected chi connectivity index (χ2v) is 3.88. The van der Waals surface area contributed by atoms with Crippen molar-refractivity contribution in [3.05, 3.63) is 40.0 Å². The quantitative estimate of drug-likeness (QED) is 0.834. The summed E-state index contributed by atoms with van der Waals surface area (Å²) in [5.41, 5.74) is -0.372. The van der Waals surface area contributed by atoms with Gasteiger partial charge in [0, 0.05) is 12.5 Å². The summed E-state index contributed by atoms with van der Waals surface area (Å²) in [5.74, 6) is 1.13. The van der Waals surface area contributed by atoms with Crippen molar-refractivity contribution < 1.29 is 18.8 Å². The van der Waals surface area contributed by atoms with Crippen LogP contribution in [0.15, 0.2) is 26.1 Å². The Morgan fingerprint density at radius 2 is 2.32 bits per heavy atom. The molecular formula is C12H14N2O5. The van der Waals surface area contributed by atoms with E-state index in [4.69, 9.17) is 18.8 Å². The highest BCUT2D eigenvalue weighted by Gasteiger charge is 2.09. The lowest BCUT2D eigenvalue weighted by Gasteiger charge is -2.01. The zero-order valence-electron chi connectivity index (χ0n) is 10.5. The molecule has 0 aromatic carbocycles. The van der Waals surface area contributed by atoms with Crippen molar-refractivity contribution in [2.75, 3.05) is 0 Å². The number of aliphatic hydroxyl groups excluding tert-OH is 1. The van der Waals surface area contributed by atoms with Gasteiger partial charge in [-0.1, -0.05) is 12.1 Å². The topological polar surface area (TPSA) is 98.6 Å². The molecule has 0 atom stereocenters. The standard InChI is InChI=1S/C12H14N2O5/c1-2-3-11-13-12(19-14-11)7-18-10-6-17-8(5-15)4-9(10)16/h4,6,15H,2-3,5,7H2,1H3. The molecular weight excluding hydrogens is 252 g/mol. The van der Waals surface area contributed by atoms with E-state index in [1.807, 2.05) is 6.92 Å². The number of rotatable bonds is 6. The predicted molar refractivity (Wildman–Crippen MR) is 63.5 cm³/mol. The molecule has 2 heterocycles. The largest absolute Gasteiger partial charge is 0.477 e. The fourth-order valence-corrected chi connectivity index (χ4v) is 1.44. The lowest BCUT2D eigenvalue weighted by molar-refractivity contribution is 0.222. The van der Waals surface area contributed by atoms with Crippen LogP contribution >= 0.6 is 0 Å². The first-order valence-corrected chi connectivity index (χ1v) is 5.89. The third-order valence-electron chi connectivity index (χ3n) is 2.34. The Balaban J connectivity index is 1.99.